The first kappa shape index (κ1) is 13.7. The predicted octanol–water partition coefficient (Wildman–Crippen LogP) is 2.94. The van der Waals surface area contributed by atoms with Gasteiger partial charge in [0.25, 0.3) is 0 Å². The zero-order valence-electron chi connectivity index (χ0n) is 12.8. The Morgan fingerprint density at radius 2 is 1.95 bits per heavy atom. The molecule has 0 amide bonds. The second-order valence-corrected chi connectivity index (χ2v) is 6.13. The Balaban J connectivity index is 1.97. The van der Waals surface area contributed by atoms with Gasteiger partial charge in [-0.05, 0) is 38.5 Å². The summed E-state index contributed by atoms with van der Waals surface area (Å²) in [6, 6.07) is 9.62. The lowest BCUT2D eigenvalue weighted by Gasteiger charge is -2.27. The van der Waals surface area contributed by atoms with Crippen molar-refractivity contribution < 1.29 is 0 Å². The van der Waals surface area contributed by atoms with Gasteiger partial charge in [0.15, 0.2) is 0 Å². The molecule has 1 aromatic heterocycles. The molecular formula is C17H25N3. The monoisotopic (exact) mass is 271 g/mol. The van der Waals surface area contributed by atoms with Gasteiger partial charge in [0.05, 0.1) is 0 Å². The highest BCUT2D eigenvalue weighted by molar-refractivity contribution is 5.85. The maximum Gasteiger partial charge on any atom is 0.0488 e. The molecule has 108 valence electrons. The van der Waals surface area contributed by atoms with Crippen LogP contribution in [0.1, 0.15) is 31.1 Å². The number of piperazine rings is 1. The maximum atomic E-state index is 3.42. The van der Waals surface area contributed by atoms with E-state index in [0.29, 0.717) is 6.04 Å². The van der Waals surface area contributed by atoms with E-state index in [1.165, 1.54) is 22.2 Å². The number of rotatable bonds is 3. The Morgan fingerprint density at radius 1 is 1.20 bits per heavy atom. The Labute approximate surface area is 121 Å². The fourth-order valence-corrected chi connectivity index (χ4v) is 3.38. The van der Waals surface area contributed by atoms with Crippen LogP contribution in [0.3, 0.4) is 0 Å². The van der Waals surface area contributed by atoms with Crippen LogP contribution < -0.4 is 5.32 Å². The van der Waals surface area contributed by atoms with Crippen molar-refractivity contribution in [2.24, 2.45) is 0 Å². The number of fused-ring (bicyclic) bond motifs is 1. The summed E-state index contributed by atoms with van der Waals surface area (Å²) < 4.78 is 2.44. The molecule has 1 aliphatic heterocycles. The highest BCUT2D eigenvalue weighted by atomic mass is 15.2. The van der Waals surface area contributed by atoms with Gasteiger partial charge in [0.2, 0.25) is 0 Å². The molecule has 0 radical (unpaired) electrons. The normalized spacial score (nSPS) is 17.2. The Kier molecular flexibility index (Phi) is 3.81. The molecule has 1 aromatic carbocycles. The lowest BCUT2D eigenvalue weighted by molar-refractivity contribution is 0.234. The zero-order chi connectivity index (χ0) is 14.1. The fourth-order valence-electron chi connectivity index (χ4n) is 3.38. The summed E-state index contributed by atoms with van der Waals surface area (Å²) >= 11 is 0. The van der Waals surface area contributed by atoms with Gasteiger partial charge in [-0.3, -0.25) is 4.90 Å². The molecule has 0 saturated carbocycles. The van der Waals surface area contributed by atoms with Crippen LogP contribution in [-0.2, 0) is 6.54 Å². The summed E-state index contributed by atoms with van der Waals surface area (Å²) in [5.74, 6) is 0. The molecule has 0 unspecified atom stereocenters. The SMILES string of the molecule is Cc1cc2c(CN3CCNCC3)cccc2n1C(C)C. The molecule has 0 aliphatic carbocycles. The van der Waals surface area contributed by atoms with Crippen LogP contribution in [0, 0.1) is 6.92 Å². The molecule has 0 atom stereocenters. The van der Waals surface area contributed by atoms with Crippen LogP contribution in [0.5, 0.6) is 0 Å². The fraction of sp³-hybridized carbons (Fsp3) is 0.529. The number of aryl methyl sites for hydroxylation is 1. The summed E-state index contributed by atoms with van der Waals surface area (Å²) in [5.41, 5.74) is 4.21. The minimum Gasteiger partial charge on any atom is -0.342 e. The van der Waals surface area contributed by atoms with Gasteiger partial charge < -0.3 is 9.88 Å². The molecule has 1 fully saturated rings. The van der Waals surface area contributed by atoms with E-state index in [0.717, 1.165) is 32.7 Å². The predicted molar refractivity (Wildman–Crippen MR) is 85.2 cm³/mol. The van der Waals surface area contributed by atoms with Crippen molar-refractivity contribution in [3.63, 3.8) is 0 Å². The molecular weight excluding hydrogens is 246 g/mol. The smallest absolute Gasteiger partial charge is 0.0488 e. The molecule has 3 nitrogen and oxygen atoms in total. The third-order valence-corrected chi connectivity index (χ3v) is 4.29. The largest absolute Gasteiger partial charge is 0.342 e. The van der Waals surface area contributed by atoms with Crippen LogP contribution in [-0.4, -0.2) is 35.6 Å². The van der Waals surface area contributed by atoms with Crippen molar-refractivity contribution in [3.05, 3.63) is 35.5 Å². The van der Waals surface area contributed by atoms with Crippen molar-refractivity contribution in [1.29, 1.82) is 0 Å². The van der Waals surface area contributed by atoms with Crippen molar-refractivity contribution in [1.82, 2.24) is 14.8 Å². The van der Waals surface area contributed by atoms with E-state index < -0.39 is 0 Å². The van der Waals surface area contributed by atoms with Crippen molar-refractivity contribution >= 4 is 10.9 Å². The van der Waals surface area contributed by atoms with Gasteiger partial charge in [-0.2, -0.15) is 0 Å². The summed E-state index contributed by atoms with van der Waals surface area (Å²) in [6.45, 7) is 12.3. The molecule has 3 heteroatoms. The van der Waals surface area contributed by atoms with Crippen molar-refractivity contribution in [3.8, 4) is 0 Å². The first-order valence-corrected chi connectivity index (χ1v) is 7.69. The third kappa shape index (κ3) is 2.48. The lowest BCUT2D eigenvalue weighted by atomic mass is 10.1. The summed E-state index contributed by atoms with van der Waals surface area (Å²) in [5, 5.41) is 4.85. The van der Waals surface area contributed by atoms with E-state index in [4.69, 9.17) is 0 Å². The maximum absolute atomic E-state index is 3.42. The van der Waals surface area contributed by atoms with Crippen LogP contribution in [0.2, 0.25) is 0 Å². The molecule has 20 heavy (non-hydrogen) atoms. The molecule has 0 spiro atoms. The van der Waals surface area contributed by atoms with Gasteiger partial charge in [0.1, 0.15) is 0 Å². The van der Waals surface area contributed by atoms with Gasteiger partial charge in [-0.1, -0.05) is 12.1 Å². The second kappa shape index (κ2) is 5.58. The summed E-state index contributed by atoms with van der Waals surface area (Å²) in [6.07, 6.45) is 0. The van der Waals surface area contributed by atoms with E-state index in [2.05, 4.69) is 59.8 Å². The first-order chi connectivity index (χ1) is 9.66. The number of aromatic nitrogens is 1. The van der Waals surface area contributed by atoms with Gasteiger partial charge in [-0.15, -0.1) is 0 Å². The minimum atomic E-state index is 0.516. The van der Waals surface area contributed by atoms with Crippen molar-refractivity contribution in [2.75, 3.05) is 26.2 Å². The topological polar surface area (TPSA) is 20.2 Å². The molecule has 1 saturated heterocycles. The average Bonchev–Trinajstić information content (AvgIpc) is 2.77. The molecule has 0 bridgehead atoms. The number of benzene rings is 1. The molecule has 3 rings (SSSR count). The number of hydrogen-bond acceptors (Lipinski definition) is 2. The number of hydrogen-bond donors (Lipinski definition) is 1. The van der Waals surface area contributed by atoms with Gasteiger partial charge >= 0.3 is 0 Å². The van der Waals surface area contributed by atoms with E-state index in [1.807, 2.05) is 0 Å². The van der Waals surface area contributed by atoms with Crippen molar-refractivity contribution in [2.45, 2.75) is 33.4 Å². The standard InChI is InChI=1S/C17H25N3/c1-13(2)20-14(3)11-16-15(5-4-6-17(16)20)12-19-9-7-18-8-10-19/h4-6,11,13,18H,7-10,12H2,1-3H3. The number of nitrogens with zero attached hydrogens (tertiary/aromatic N) is 2. The Hall–Kier alpha value is -1.32. The minimum absolute atomic E-state index is 0.516. The van der Waals surface area contributed by atoms with Crippen LogP contribution in [0.15, 0.2) is 24.3 Å². The third-order valence-electron chi connectivity index (χ3n) is 4.29. The van der Waals surface area contributed by atoms with Gasteiger partial charge in [0, 0.05) is 55.4 Å². The summed E-state index contributed by atoms with van der Waals surface area (Å²) in [4.78, 5) is 2.55. The van der Waals surface area contributed by atoms with Gasteiger partial charge in [-0.25, -0.2) is 0 Å². The Bertz CT molecular complexity index is 592. The average molecular weight is 271 g/mol. The van der Waals surface area contributed by atoms with Crippen LogP contribution in [0.4, 0.5) is 0 Å². The van der Waals surface area contributed by atoms with Crippen LogP contribution >= 0.6 is 0 Å². The first-order valence-electron chi connectivity index (χ1n) is 7.69. The Morgan fingerprint density at radius 3 is 2.65 bits per heavy atom. The summed E-state index contributed by atoms with van der Waals surface area (Å²) in [7, 11) is 0. The molecule has 1 N–H and O–H groups in total. The second-order valence-electron chi connectivity index (χ2n) is 6.13. The lowest BCUT2D eigenvalue weighted by Crippen LogP contribution is -2.42. The highest BCUT2D eigenvalue weighted by Gasteiger charge is 2.14. The quantitative estimate of drug-likeness (QED) is 0.926. The number of nitrogens with one attached hydrogen (secondary N) is 1. The zero-order valence-corrected chi connectivity index (χ0v) is 12.8. The van der Waals surface area contributed by atoms with Crippen LogP contribution in [0.25, 0.3) is 10.9 Å². The molecule has 1 aliphatic rings. The van der Waals surface area contributed by atoms with E-state index in [9.17, 15) is 0 Å². The van der Waals surface area contributed by atoms with E-state index in [-0.39, 0.29) is 0 Å². The molecule has 2 heterocycles. The molecule has 2 aromatic rings. The highest BCUT2D eigenvalue weighted by Crippen LogP contribution is 2.27. The van der Waals surface area contributed by atoms with E-state index >= 15 is 0 Å². The van der Waals surface area contributed by atoms with E-state index in [1.54, 1.807) is 0 Å².